The van der Waals surface area contributed by atoms with Crippen molar-refractivity contribution in [3.8, 4) is 0 Å². The number of aliphatic hydroxyl groups is 2. The van der Waals surface area contributed by atoms with Crippen molar-refractivity contribution in [3.63, 3.8) is 0 Å². The van der Waals surface area contributed by atoms with E-state index in [2.05, 4.69) is 31.4 Å². The molecule has 1 unspecified atom stereocenters. The Morgan fingerprint density at radius 1 is 1.15 bits per heavy atom. The van der Waals surface area contributed by atoms with Crippen LogP contribution in [0.4, 0.5) is 5.69 Å². The van der Waals surface area contributed by atoms with Gasteiger partial charge in [0.05, 0.1) is 37.7 Å². The number of anilines is 1. The van der Waals surface area contributed by atoms with Crippen LogP contribution >= 0.6 is 0 Å². The molecule has 5 aliphatic rings. The first kappa shape index (κ1) is 43.1. The molecular weight excluding hydrogens is 723 g/mol. The van der Waals surface area contributed by atoms with Gasteiger partial charge in [-0.1, -0.05) is 32.9 Å². The number of hydrogen-bond acceptors (Lipinski definition) is 11. The third-order valence-electron chi connectivity index (χ3n) is 12.6. The van der Waals surface area contributed by atoms with Crippen LogP contribution in [0.5, 0.6) is 0 Å². The van der Waals surface area contributed by atoms with E-state index in [9.17, 15) is 28.2 Å². The Labute approximate surface area is 328 Å². The van der Waals surface area contributed by atoms with Gasteiger partial charge in [-0.2, -0.15) is 5.06 Å². The largest absolute Gasteiger partial charge is 0.497 e. The van der Waals surface area contributed by atoms with E-state index in [1.165, 1.54) is 12.7 Å². The van der Waals surface area contributed by atoms with Crippen LogP contribution in [0.3, 0.4) is 0 Å². The van der Waals surface area contributed by atoms with Crippen molar-refractivity contribution in [2.24, 2.45) is 29.1 Å². The molecule has 55 heavy (non-hydrogen) atoms. The zero-order chi connectivity index (χ0) is 40.6. The number of carbonyl (C=O) groups excluding carboxylic acids is 2. The first-order chi connectivity index (χ1) is 25.7. The number of carbonyl (C=O) groups is 2. The highest BCUT2D eigenvalue weighted by Gasteiger charge is 2.57. The van der Waals surface area contributed by atoms with E-state index in [1.807, 2.05) is 69.2 Å². The highest BCUT2D eigenvalue weighted by molar-refractivity contribution is 7.90. The molecule has 2 amide bonds. The molecule has 4 N–H and O–H groups in total. The summed E-state index contributed by atoms with van der Waals surface area (Å²) in [6.45, 7) is 11.0. The monoisotopic (exact) mass is 787 g/mol. The topological polar surface area (TPSA) is 161 Å². The van der Waals surface area contributed by atoms with Gasteiger partial charge in [-0.25, -0.2) is 8.42 Å². The fraction of sp³-hybridized carbons (Fsp3) is 0.707. The van der Waals surface area contributed by atoms with Crippen molar-refractivity contribution in [1.29, 1.82) is 0 Å². The van der Waals surface area contributed by atoms with E-state index in [0.717, 1.165) is 23.2 Å². The van der Waals surface area contributed by atoms with Gasteiger partial charge in [-0.15, -0.1) is 0 Å². The molecule has 1 saturated heterocycles. The van der Waals surface area contributed by atoms with Gasteiger partial charge in [-0.05, 0) is 94.1 Å². The summed E-state index contributed by atoms with van der Waals surface area (Å²) in [5.74, 6) is 0.373. The number of aliphatic hydroxyl groups excluding tert-OH is 2. The lowest BCUT2D eigenvalue weighted by molar-refractivity contribution is -0.173. The fourth-order valence-corrected chi connectivity index (χ4v) is 10.5. The molecule has 1 heterocycles. The van der Waals surface area contributed by atoms with Crippen molar-refractivity contribution in [2.45, 2.75) is 90.1 Å². The molecule has 4 aliphatic carbocycles. The smallest absolute Gasteiger partial charge is 0.251 e. The van der Waals surface area contributed by atoms with E-state index >= 15 is 0 Å². The highest BCUT2D eigenvalue weighted by Crippen LogP contribution is 2.61. The van der Waals surface area contributed by atoms with Gasteiger partial charge in [0.15, 0.2) is 0 Å². The van der Waals surface area contributed by atoms with Crippen LogP contribution in [0.1, 0.15) is 75.7 Å². The van der Waals surface area contributed by atoms with Crippen LogP contribution < -0.4 is 15.5 Å². The molecule has 10 atom stereocenters. The summed E-state index contributed by atoms with van der Waals surface area (Å²) < 4.78 is 30.8. The quantitative estimate of drug-likeness (QED) is 0.195. The summed E-state index contributed by atoms with van der Waals surface area (Å²) >= 11 is 0. The molecule has 2 bridgehead atoms. The van der Waals surface area contributed by atoms with Gasteiger partial charge in [-0.3, -0.25) is 14.4 Å². The van der Waals surface area contributed by atoms with Crippen LogP contribution in [0.15, 0.2) is 41.7 Å². The van der Waals surface area contributed by atoms with Crippen molar-refractivity contribution in [3.05, 3.63) is 52.8 Å². The minimum Gasteiger partial charge on any atom is -0.497 e. The highest BCUT2D eigenvalue weighted by atomic mass is 32.2. The molecule has 1 aromatic rings. The maximum Gasteiger partial charge on any atom is 0.251 e. The van der Waals surface area contributed by atoms with Crippen LogP contribution in [-0.4, -0.2) is 137 Å². The lowest BCUT2D eigenvalue weighted by Crippen LogP contribution is -2.62. The number of sulfone groups is 1. The zero-order valence-electron chi connectivity index (χ0n) is 34.4. The molecule has 13 nitrogen and oxygen atoms in total. The number of ether oxygens (including phenoxy) is 1. The number of fused-ring (bicyclic) bond motifs is 2. The Hall–Kier alpha value is -3.01. The molecule has 0 aromatic heterocycles. The standard InChI is InChI=1S/C41H65N5O8S/c1-11-53-38-26(20-46-37(36(25(3)48)35(22-47)54-46)40(50)43-34-19-29-18-33(24(34)2)41(29,4)5)13-12-14-32(38)27-15-28(17-31(16-27)45(8)9)39(49)42-30(21-44(6)7)23-55(10,51)52/h12-13,15-17,24-25,29-30,32-37,47-48H,11,14,18-23H2,1-10H3,(H,42,49)(H,43,50)/t24-,25-,29+,30+,32?,33-,34-,35-,36+,37-/m0/s1. The number of allylic oxidation sites excluding steroid dienone is 2. The summed E-state index contributed by atoms with van der Waals surface area (Å²) in [5, 5.41) is 29.3. The van der Waals surface area contributed by atoms with E-state index in [-0.39, 0.29) is 48.1 Å². The van der Waals surface area contributed by atoms with Crippen LogP contribution in [0.2, 0.25) is 0 Å². The molecular formula is C41H65N5O8S. The molecule has 3 saturated carbocycles. The van der Waals surface area contributed by atoms with E-state index in [1.54, 1.807) is 18.1 Å². The summed E-state index contributed by atoms with van der Waals surface area (Å²) in [4.78, 5) is 38.2. The SMILES string of the molecule is CCOC1=C(CN2O[C@@H](CO)[C@@H]([C@H](C)O)[C@H]2C(=O)N[C@H]2C[C@H]3C[C@@H]([C@@H]2C)C3(C)C)C=CCC1c1cc(C(=O)N[C@H](CN(C)C)CS(C)(=O)=O)cc(N(C)C)c1. The van der Waals surface area contributed by atoms with Crippen molar-refractivity contribution in [2.75, 3.05) is 71.4 Å². The second-order valence-electron chi connectivity index (χ2n) is 17.5. The molecule has 0 spiro atoms. The summed E-state index contributed by atoms with van der Waals surface area (Å²) in [6, 6.07) is 4.21. The Morgan fingerprint density at radius 2 is 1.85 bits per heavy atom. The molecule has 4 fully saturated rings. The van der Waals surface area contributed by atoms with Gasteiger partial charge in [0.2, 0.25) is 5.91 Å². The van der Waals surface area contributed by atoms with Gasteiger partial charge in [0, 0.05) is 61.6 Å². The Morgan fingerprint density at radius 3 is 2.42 bits per heavy atom. The number of nitrogens with zero attached hydrogens (tertiary/aromatic N) is 3. The molecule has 14 heteroatoms. The second kappa shape index (κ2) is 17.2. The minimum atomic E-state index is -3.36. The van der Waals surface area contributed by atoms with Crippen molar-refractivity contribution in [1.82, 2.24) is 20.6 Å². The molecule has 6 rings (SSSR count). The third kappa shape index (κ3) is 9.59. The van der Waals surface area contributed by atoms with Gasteiger partial charge in [0.25, 0.3) is 5.91 Å². The number of likely N-dealkylation sites (N-methyl/N-ethyl adjacent to an activating group) is 1. The number of benzene rings is 1. The summed E-state index contributed by atoms with van der Waals surface area (Å²) in [6.07, 6.45) is 6.18. The average Bonchev–Trinajstić information content (AvgIpc) is 3.47. The average molecular weight is 788 g/mol. The number of nitrogens with one attached hydrogen (secondary N) is 2. The minimum absolute atomic E-state index is 0.0195. The van der Waals surface area contributed by atoms with E-state index in [4.69, 9.17) is 9.57 Å². The van der Waals surface area contributed by atoms with Crippen molar-refractivity contribution < 1.29 is 37.8 Å². The van der Waals surface area contributed by atoms with E-state index in [0.29, 0.717) is 48.6 Å². The summed E-state index contributed by atoms with van der Waals surface area (Å²) in [5.41, 5.74) is 3.09. The van der Waals surface area contributed by atoms with Crippen LogP contribution in [0, 0.1) is 29.1 Å². The zero-order valence-corrected chi connectivity index (χ0v) is 35.2. The van der Waals surface area contributed by atoms with Gasteiger partial charge < -0.3 is 35.4 Å². The normalized spacial score (nSPS) is 30.1. The first-order valence-electron chi connectivity index (χ1n) is 19.8. The summed E-state index contributed by atoms with van der Waals surface area (Å²) in [7, 11) is 4.10. The van der Waals surface area contributed by atoms with Gasteiger partial charge in [0.1, 0.15) is 27.7 Å². The lowest BCUT2D eigenvalue weighted by Gasteiger charge is -2.62. The van der Waals surface area contributed by atoms with E-state index < -0.39 is 40.0 Å². The van der Waals surface area contributed by atoms with Crippen molar-refractivity contribution >= 4 is 27.3 Å². The Bertz CT molecular complexity index is 1730. The Balaban J connectivity index is 1.45. The predicted octanol–water partition coefficient (Wildman–Crippen LogP) is 2.95. The number of amides is 2. The molecule has 1 aromatic carbocycles. The van der Waals surface area contributed by atoms with Crippen LogP contribution in [0.25, 0.3) is 0 Å². The number of rotatable bonds is 16. The van der Waals surface area contributed by atoms with Gasteiger partial charge >= 0.3 is 0 Å². The fourth-order valence-electron chi connectivity index (χ4n) is 9.62. The maximum atomic E-state index is 14.3. The number of hydrogen-bond donors (Lipinski definition) is 4. The second-order valence-corrected chi connectivity index (χ2v) is 19.7. The van der Waals surface area contributed by atoms with Crippen LogP contribution in [-0.2, 0) is 24.2 Å². The maximum absolute atomic E-state index is 14.3. The third-order valence-corrected chi connectivity index (χ3v) is 13.6. The number of hydroxylamine groups is 2. The molecule has 1 aliphatic heterocycles. The Kier molecular flexibility index (Phi) is 13.5. The lowest BCUT2D eigenvalue weighted by atomic mass is 9.45. The molecule has 308 valence electrons. The molecule has 0 radical (unpaired) electrons. The first-order valence-corrected chi connectivity index (χ1v) is 21.8. The predicted molar refractivity (Wildman–Crippen MR) is 214 cm³/mol.